The molecule has 3 rings (SSSR count). The fraction of sp³-hybridized carbons (Fsp3) is 0.526. The lowest BCUT2D eigenvalue weighted by Crippen LogP contribution is -2.43. The van der Waals surface area contributed by atoms with E-state index in [2.05, 4.69) is 21.4 Å². The van der Waals surface area contributed by atoms with E-state index in [0.29, 0.717) is 29.7 Å². The summed E-state index contributed by atoms with van der Waals surface area (Å²) < 4.78 is 5.56. The Morgan fingerprint density at radius 3 is 2.54 bits per heavy atom. The smallest absolute Gasteiger partial charge is 0.416 e. The molecule has 0 spiro atoms. The maximum Gasteiger partial charge on any atom is 0.416 e. The van der Waals surface area contributed by atoms with Gasteiger partial charge in [0.15, 0.2) is 5.82 Å². The Labute approximate surface area is 154 Å². The molecule has 0 atom stereocenters. The highest BCUT2D eigenvalue weighted by Crippen LogP contribution is 2.32. The summed E-state index contributed by atoms with van der Waals surface area (Å²) in [5.74, 6) is 1.26. The van der Waals surface area contributed by atoms with E-state index in [0.717, 1.165) is 25.9 Å². The van der Waals surface area contributed by atoms with Gasteiger partial charge in [0.2, 0.25) is 0 Å². The van der Waals surface area contributed by atoms with Crippen molar-refractivity contribution >= 4 is 11.7 Å². The standard InChI is InChI=1S/C19H27N5O2/c1-19(2,3)26-18(25)24-12-14(13-5-9-21-10-6-13)11-15(16(24)20)17-22-7-4-8-23-17/h4,7-8,11,13,21H,5-6,9-10,12,20H2,1-3H3. The van der Waals surface area contributed by atoms with Crippen molar-refractivity contribution in [3.8, 4) is 0 Å². The van der Waals surface area contributed by atoms with Crippen LogP contribution in [0, 0.1) is 5.92 Å². The number of nitrogens with zero attached hydrogens (tertiary/aromatic N) is 3. The van der Waals surface area contributed by atoms with E-state index in [4.69, 9.17) is 10.5 Å². The molecule has 0 aliphatic carbocycles. The van der Waals surface area contributed by atoms with Crippen LogP contribution in [0.15, 0.2) is 35.9 Å². The van der Waals surface area contributed by atoms with Gasteiger partial charge in [-0.25, -0.2) is 14.8 Å². The average molecular weight is 357 g/mol. The van der Waals surface area contributed by atoms with Gasteiger partial charge in [-0.1, -0.05) is 0 Å². The van der Waals surface area contributed by atoms with Crippen LogP contribution in [0.4, 0.5) is 4.79 Å². The topological polar surface area (TPSA) is 93.4 Å². The van der Waals surface area contributed by atoms with Crippen molar-refractivity contribution in [3.05, 3.63) is 41.8 Å². The summed E-state index contributed by atoms with van der Waals surface area (Å²) >= 11 is 0. The van der Waals surface area contributed by atoms with Crippen LogP contribution in [0.25, 0.3) is 5.57 Å². The molecular weight excluding hydrogens is 330 g/mol. The quantitative estimate of drug-likeness (QED) is 0.843. The molecular formula is C19H27N5O2. The number of aromatic nitrogens is 2. The first kappa shape index (κ1) is 18.4. The maximum absolute atomic E-state index is 12.7. The van der Waals surface area contributed by atoms with E-state index in [1.54, 1.807) is 18.5 Å². The van der Waals surface area contributed by atoms with Crippen LogP contribution >= 0.6 is 0 Å². The maximum atomic E-state index is 12.7. The monoisotopic (exact) mass is 357 g/mol. The van der Waals surface area contributed by atoms with E-state index < -0.39 is 11.7 Å². The molecule has 2 aliphatic heterocycles. The van der Waals surface area contributed by atoms with Gasteiger partial charge < -0.3 is 15.8 Å². The summed E-state index contributed by atoms with van der Waals surface area (Å²) in [5, 5.41) is 3.38. The third-order valence-corrected chi connectivity index (χ3v) is 4.52. The molecule has 1 amide bonds. The number of piperidine rings is 1. The fourth-order valence-corrected chi connectivity index (χ4v) is 3.25. The van der Waals surface area contributed by atoms with E-state index >= 15 is 0 Å². The van der Waals surface area contributed by atoms with E-state index in [9.17, 15) is 4.79 Å². The van der Waals surface area contributed by atoms with Crippen molar-refractivity contribution in [3.63, 3.8) is 0 Å². The second-order valence-corrected chi connectivity index (χ2v) is 7.68. The molecule has 1 saturated heterocycles. The van der Waals surface area contributed by atoms with Gasteiger partial charge in [-0.2, -0.15) is 0 Å². The minimum Gasteiger partial charge on any atom is -0.443 e. The number of ether oxygens (including phenoxy) is 1. The lowest BCUT2D eigenvalue weighted by atomic mass is 9.87. The molecule has 3 heterocycles. The minimum atomic E-state index is -0.586. The van der Waals surface area contributed by atoms with Crippen LogP contribution in [-0.2, 0) is 4.74 Å². The molecule has 2 aliphatic rings. The molecule has 1 aromatic heterocycles. The number of rotatable bonds is 2. The van der Waals surface area contributed by atoms with Gasteiger partial charge in [0, 0.05) is 12.4 Å². The van der Waals surface area contributed by atoms with Gasteiger partial charge in [-0.05, 0) is 70.3 Å². The van der Waals surface area contributed by atoms with Crippen LogP contribution in [-0.4, -0.2) is 46.2 Å². The first-order valence-electron chi connectivity index (χ1n) is 9.04. The number of carbonyl (C=O) groups excluding carboxylic acids is 1. The summed E-state index contributed by atoms with van der Waals surface area (Å²) in [4.78, 5) is 22.9. The molecule has 7 heteroatoms. The van der Waals surface area contributed by atoms with E-state index in [1.807, 2.05) is 20.8 Å². The van der Waals surface area contributed by atoms with Crippen LogP contribution in [0.3, 0.4) is 0 Å². The second-order valence-electron chi connectivity index (χ2n) is 7.68. The number of hydrogen-bond acceptors (Lipinski definition) is 6. The first-order chi connectivity index (χ1) is 12.3. The minimum absolute atomic E-state index is 0.336. The Morgan fingerprint density at radius 1 is 1.27 bits per heavy atom. The van der Waals surface area contributed by atoms with Gasteiger partial charge in [-0.3, -0.25) is 4.90 Å². The summed E-state index contributed by atoms with van der Waals surface area (Å²) in [6, 6.07) is 1.76. The highest BCUT2D eigenvalue weighted by atomic mass is 16.6. The van der Waals surface area contributed by atoms with Crippen LogP contribution in [0.5, 0.6) is 0 Å². The highest BCUT2D eigenvalue weighted by molar-refractivity contribution is 5.81. The molecule has 0 aromatic carbocycles. The van der Waals surface area contributed by atoms with Crippen molar-refractivity contribution < 1.29 is 9.53 Å². The van der Waals surface area contributed by atoms with Crippen molar-refractivity contribution in [2.24, 2.45) is 11.7 Å². The summed E-state index contributed by atoms with van der Waals surface area (Å²) in [7, 11) is 0. The number of nitrogens with two attached hydrogens (primary N) is 1. The zero-order chi connectivity index (χ0) is 18.7. The Kier molecular flexibility index (Phi) is 5.27. The second kappa shape index (κ2) is 7.45. The Balaban J connectivity index is 1.96. The number of carbonyl (C=O) groups is 1. The first-order valence-corrected chi connectivity index (χ1v) is 9.04. The Bertz CT molecular complexity index is 715. The summed E-state index contributed by atoms with van der Waals surface area (Å²) in [6.45, 7) is 7.94. The third-order valence-electron chi connectivity index (χ3n) is 4.52. The molecule has 0 radical (unpaired) electrons. The van der Waals surface area contributed by atoms with Crippen molar-refractivity contribution in [1.29, 1.82) is 0 Å². The van der Waals surface area contributed by atoms with Crippen LogP contribution in [0.1, 0.15) is 39.4 Å². The molecule has 0 bridgehead atoms. The fourth-order valence-electron chi connectivity index (χ4n) is 3.25. The van der Waals surface area contributed by atoms with Gasteiger partial charge in [0.05, 0.1) is 12.1 Å². The molecule has 0 unspecified atom stereocenters. The number of allylic oxidation sites excluding steroid dienone is 2. The Hall–Kier alpha value is -2.41. The molecule has 140 valence electrons. The zero-order valence-electron chi connectivity index (χ0n) is 15.7. The van der Waals surface area contributed by atoms with Gasteiger partial charge in [0.1, 0.15) is 11.4 Å². The molecule has 0 saturated carbocycles. The van der Waals surface area contributed by atoms with E-state index in [1.165, 1.54) is 10.5 Å². The summed E-state index contributed by atoms with van der Waals surface area (Å²) in [6.07, 6.45) is 7.04. The van der Waals surface area contributed by atoms with Crippen LogP contribution < -0.4 is 11.1 Å². The largest absolute Gasteiger partial charge is 0.443 e. The third kappa shape index (κ3) is 4.22. The molecule has 1 fully saturated rings. The predicted octanol–water partition coefficient (Wildman–Crippen LogP) is 2.28. The van der Waals surface area contributed by atoms with Crippen LogP contribution in [0.2, 0.25) is 0 Å². The van der Waals surface area contributed by atoms with Crippen molar-refractivity contribution in [2.45, 2.75) is 39.2 Å². The normalized spacial score (nSPS) is 19.3. The molecule has 3 N–H and O–H groups in total. The summed E-state index contributed by atoms with van der Waals surface area (Å²) in [5.41, 5.74) is 7.60. The SMILES string of the molecule is CC(C)(C)OC(=O)N1CC(C2CCNCC2)=CC(c2ncccn2)=C1N. The molecule has 26 heavy (non-hydrogen) atoms. The number of amides is 1. The molecule has 1 aromatic rings. The molecule has 7 nitrogen and oxygen atoms in total. The Morgan fingerprint density at radius 2 is 1.92 bits per heavy atom. The predicted molar refractivity (Wildman–Crippen MR) is 99.8 cm³/mol. The van der Waals surface area contributed by atoms with Crippen molar-refractivity contribution in [1.82, 2.24) is 20.2 Å². The lowest BCUT2D eigenvalue weighted by Gasteiger charge is -2.35. The highest BCUT2D eigenvalue weighted by Gasteiger charge is 2.32. The zero-order valence-corrected chi connectivity index (χ0v) is 15.7. The number of nitrogens with one attached hydrogen (secondary N) is 1. The van der Waals surface area contributed by atoms with Gasteiger partial charge in [-0.15, -0.1) is 0 Å². The van der Waals surface area contributed by atoms with E-state index in [-0.39, 0.29) is 0 Å². The van der Waals surface area contributed by atoms with Crippen molar-refractivity contribution in [2.75, 3.05) is 19.6 Å². The lowest BCUT2D eigenvalue weighted by molar-refractivity contribution is 0.0320. The number of hydrogen-bond donors (Lipinski definition) is 2. The average Bonchev–Trinajstić information content (AvgIpc) is 2.62. The van der Waals surface area contributed by atoms with Gasteiger partial charge >= 0.3 is 6.09 Å². The van der Waals surface area contributed by atoms with Gasteiger partial charge in [0.25, 0.3) is 0 Å².